The molecule has 0 fully saturated rings. The van der Waals surface area contributed by atoms with Crippen LogP contribution in [0.3, 0.4) is 0 Å². The normalized spacial score (nSPS) is 17.6. The second kappa shape index (κ2) is 8.99. The van der Waals surface area contributed by atoms with Gasteiger partial charge in [-0.25, -0.2) is 9.79 Å². The lowest BCUT2D eigenvalue weighted by molar-refractivity contribution is -0.136. The third-order valence-electron chi connectivity index (χ3n) is 4.96. The summed E-state index contributed by atoms with van der Waals surface area (Å²) in [5.74, 6) is 0.0737. The van der Waals surface area contributed by atoms with E-state index >= 15 is 0 Å². The van der Waals surface area contributed by atoms with Crippen LogP contribution in [0.4, 0.5) is 5.69 Å². The molecule has 2 aliphatic heterocycles. The van der Waals surface area contributed by atoms with Gasteiger partial charge in [0.05, 0.1) is 38.0 Å². The minimum Gasteiger partial charge on any atom is -0.497 e. The minimum absolute atomic E-state index is 0.136. The summed E-state index contributed by atoms with van der Waals surface area (Å²) in [7, 11) is 2.95. The Kier molecular flexibility index (Phi) is 6.15. The van der Waals surface area contributed by atoms with E-state index in [1.54, 1.807) is 24.5 Å². The molecule has 4 rings (SSSR count). The number of esters is 1. The highest BCUT2D eigenvalue weighted by Gasteiger charge is 2.41. The lowest BCUT2D eigenvalue weighted by Crippen LogP contribution is -2.37. The zero-order valence-corrected chi connectivity index (χ0v) is 18.9. The van der Waals surface area contributed by atoms with Gasteiger partial charge in [-0.2, -0.15) is 11.3 Å². The van der Waals surface area contributed by atoms with E-state index in [0.717, 1.165) is 16.4 Å². The maximum atomic E-state index is 12.8. The number of rotatable bonds is 6. The summed E-state index contributed by atoms with van der Waals surface area (Å²) < 4.78 is 10.3. The van der Waals surface area contributed by atoms with Gasteiger partial charge in [-0.05, 0) is 46.9 Å². The van der Waals surface area contributed by atoms with Crippen molar-refractivity contribution < 1.29 is 19.1 Å². The van der Waals surface area contributed by atoms with Crippen LogP contribution in [0.25, 0.3) is 0 Å². The Morgan fingerprint density at radius 2 is 2.10 bits per heavy atom. The molecule has 0 bridgehead atoms. The summed E-state index contributed by atoms with van der Waals surface area (Å²) in [5, 5.41) is 9.53. The zero-order chi connectivity index (χ0) is 22.0. The molecule has 1 N–H and O–H groups in total. The monoisotopic (exact) mass is 455 g/mol. The van der Waals surface area contributed by atoms with Gasteiger partial charge in [0.2, 0.25) is 5.91 Å². The molecule has 0 radical (unpaired) electrons. The SMILES string of the molecule is COC(=O)C1=C(C)N=C2SC=C(CC(=O)Nc3cccc(OC)c3)N2[C@@H]1c1ccsc1. The number of carbonyl (C=O) groups excluding carboxylic acids is 2. The molecule has 0 unspecified atom stereocenters. The van der Waals surface area contributed by atoms with Gasteiger partial charge in [0.1, 0.15) is 5.75 Å². The van der Waals surface area contributed by atoms with Crippen LogP contribution < -0.4 is 10.1 Å². The molecular formula is C22H21N3O4S2. The average molecular weight is 456 g/mol. The second-order valence-electron chi connectivity index (χ2n) is 6.90. The number of methoxy groups -OCH3 is 2. The predicted octanol–water partition coefficient (Wildman–Crippen LogP) is 4.53. The van der Waals surface area contributed by atoms with Crippen LogP contribution in [-0.4, -0.2) is 36.2 Å². The Hall–Kier alpha value is -3.04. The van der Waals surface area contributed by atoms with Gasteiger partial charge in [-0.3, -0.25) is 4.79 Å². The number of fused-ring (bicyclic) bond motifs is 1. The Balaban J connectivity index is 1.60. The smallest absolute Gasteiger partial charge is 0.338 e. The van der Waals surface area contributed by atoms with Crippen molar-refractivity contribution >= 4 is 45.8 Å². The van der Waals surface area contributed by atoms with Gasteiger partial charge in [0, 0.05) is 17.5 Å². The third-order valence-corrected chi connectivity index (χ3v) is 6.55. The molecule has 160 valence electrons. The summed E-state index contributed by atoms with van der Waals surface area (Å²) in [5.41, 5.74) is 3.49. The number of aliphatic imine (C=N–C) groups is 1. The molecule has 0 saturated carbocycles. The second-order valence-corrected chi connectivity index (χ2v) is 8.51. The van der Waals surface area contributed by atoms with E-state index in [-0.39, 0.29) is 12.3 Å². The van der Waals surface area contributed by atoms with E-state index in [2.05, 4.69) is 10.3 Å². The number of anilines is 1. The number of benzene rings is 1. The van der Waals surface area contributed by atoms with Crippen LogP contribution in [0.15, 0.2) is 68.5 Å². The van der Waals surface area contributed by atoms with Crippen molar-refractivity contribution in [3.8, 4) is 5.75 Å². The van der Waals surface area contributed by atoms with Gasteiger partial charge in [-0.1, -0.05) is 17.8 Å². The minimum atomic E-state index is -0.423. The number of carbonyl (C=O) groups is 2. The summed E-state index contributed by atoms with van der Waals surface area (Å²) in [6, 6.07) is 8.79. The van der Waals surface area contributed by atoms with E-state index < -0.39 is 12.0 Å². The topological polar surface area (TPSA) is 80.2 Å². The van der Waals surface area contributed by atoms with E-state index in [1.807, 2.05) is 52.3 Å². The quantitative estimate of drug-likeness (QED) is 0.645. The third kappa shape index (κ3) is 4.24. The van der Waals surface area contributed by atoms with Crippen molar-refractivity contribution in [2.75, 3.05) is 19.5 Å². The lowest BCUT2D eigenvalue weighted by Gasteiger charge is -2.35. The van der Waals surface area contributed by atoms with Gasteiger partial charge in [0.15, 0.2) is 5.17 Å². The number of amidine groups is 1. The van der Waals surface area contributed by atoms with Crippen LogP contribution >= 0.6 is 23.1 Å². The summed E-state index contributed by atoms with van der Waals surface area (Å²) >= 11 is 3.00. The molecule has 0 saturated heterocycles. The molecule has 2 aromatic rings. The first kappa shape index (κ1) is 21.2. The molecule has 31 heavy (non-hydrogen) atoms. The Morgan fingerprint density at radius 3 is 2.81 bits per heavy atom. The Labute approximate surface area is 188 Å². The lowest BCUT2D eigenvalue weighted by atomic mass is 9.96. The van der Waals surface area contributed by atoms with Crippen molar-refractivity contribution in [1.82, 2.24) is 4.90 Å². The maximum absolute atomic E-state index is 12.8. The average Bonchev–Trinajstić information content (AvgIpc) is 3.43. The standard InChI is InChI=1S/C22H21N3O4S2/c1-13-19(21(27)29-3)20(14-7-8-30-11-14)25-16(12-31-22(25)23-13)10-18(26)24-15-5-4-6-17(9-15)28-2/h4-9,11-12,20H,10H2,1-3H3,(H,24,26)/t20-/m1/s1. The van der Waals surface area contributed by atoms with Gasteiger partial charge in [-0.15, -0.1) is 0 Å². The van der Waals surface area contributed by atoms with Gasteiger partial charge < -0.3 is 19.7 Å². The number of allylic oxidation sites excluding steroid dienone is 1. The van der Waals surface area contributed by atoms with E-state index in [4.69, 9.17) is 9.47 Å². The Morgan fingerprint density at radius 1 is 1.26 bits per heavy atom. The van der Waals surface area contributed by atoms with Gasteiger partial charge >= 0.3 is 5.97 Å². The van der Waals surface area contributed by atoms with Crippen LogP contribution in [0.1, 0.15) is 24.9 Å². The molecule has 1 amide bonds. The van der Waals surface area contributed by atoms with Crippen molar-refractivity contribution in [2.45, 2.75) is 19.4 Å². The van der Waals surface area contributed by atoms with Crippen LogP contribution in [-0.2, 0) is 14.3 Å². The van der Waals surface area contributed by atoms with Crippen molar-refractivity contribution in [2.24, 2.45) is 4.99 Å². The maximum Gasteiger partial charge on any atom is 0.338 e. The number of nitrogens with one attached hydrogen (secondary N) is 1. The van der Waals surface area contributed by atoms with E-state index in [1.165, 1.54) is 18.9 Å². The van der Waals surface area contributed by atoms with Crippen molar-refractivity contribution in [1.29, 1.82) is 0 Å². The van der Waals surface area contributed by atoms with E-state index in [9.17, 15) is 9.59 Å². The predicted molar refractivity (Wildman–Crippen MR) is 123 cm³/mol. The van der Waals surface area contributed by atoms with Crippen molar-refractivity contribution in [3.05, 3.63) is 69.0 Å². The number of thioether (sulfide) groups is 1. The fraction of sp³-hybridized carbons (Fsp3) is 0.227. The fourth-order valence-electron chi connectivity index (χ4n) is 3.56. The first-order chi connectivity index (χ1) is 15.0. The zero-order valence-electron chi connectivity index (χ0n) is 17.2. The molecule has 2 aliphatic rings. The highest BCUT2D eigenvalue weighted by Crippen LogP contribution is 2.45. The number of hydrogen-bond donors (Lipinski definition) is 1. The summed E-state index contributed by atoms with van der Waals surface area (Å²) in [4.78, 5) is 32.0. The molecule has 0 aliphatic carbocycles. The van der Waals surface area contributed by atoms with Gasteiger partial charge in [0.25, 0.3) is 0 Å². The molecule has 0 spiro atoms. The summed E-state index contributed by atoms with van der Waals surface area (Å²) in [6.07, 6.45) is 0.136. The van der Waals surface area contributed by atoms with Crippen molar-refractivity contribution in [3.63, 3.8) is 0 Å². The molecule has 1 aromatic heterocycles. The molecular weight excluding hydrogens is 434 g/mol. The number of thiophene rings is 1. The number of nitrogens with zero attached hydrogens (tertiary/aromatic N) is 2. The first-order valence-electron chi connectivity index (χ1n) is 9.50. The molecule has 1 atom stereocenters. The first-order valence-corrected chi connectivity index (χ1v) is 11.3. The Bertz CT molecular complexity index is 1110. The van der Waals surface area contributed by atoms with E-state index in [0.29, 0.717) is 22.7 Å². The molecule has 9 heteroatoms. The fourth-order valence-corrected chi connectivity index (χ4v) is 5.20. The molecule has 3 heterocycles. The highest BCUT2D eigenvalue weighted by molar-refractivity contribution is 8.16. The largest absolute Gasteiger partial charge is 0.497 e. The summed E-state index contributed by atoms with van der Waals surface area (Å²) in [6.45, 7) is 1.81. The molecule has 1 aromatic carbocycles. The molecule has 7 nitrogen and oxygen atoms in total. The van der Waals surface area contributed by atoms with Crippen LogP contribution in [0.5, 0.6) is 5.75 Å². The van der Waals surface area contributed by atoms with Crippen LogP contribution in [0.2, 0.25) is 0 Å². The van der Waals surface area contributed by atoms with Crippen LogP contribution in [0, 0.1) is 0 Å². The number of hydrogen-bond acceptors (Lipinski definition) is 8. The number of amides is 1. The number of ether oxygens (including phenoxy) is 2. The highest BCUT2D eigenvalue weighted by atomic mass is 32.2.